The van der Waals surface area contributed by atoms with Crippen LogP contribution in [0.25, 0.3) is 5.57 Å². The van der Waals surface area contributed by atoms with Crippen LogP contribution in [0.4, 0.5) is 28.9 Å². The molecule has 4 aliphatic rings. The van der Waals surface area contributed by atoms with Crippen LogP contribution in [0.5, 0.6) is 0 Å². The molecule has 1 aliphatic carbocycles. The first-order valence-electron chi connectivity index (χ1n) is 24.1. The number of halogens is 5. The quantitative estimate of drug-likeness (QED) is 0.0824. The average molecular weight is 1060 g/mol. The number of carbonyl (C=O) groups excluding carboxylic acids is 1. The number of sulfone groups is 1. The molecule has 3 aliphatic heterocycles. The molecule has 8 rings (SSSR count). The molecular weight excluding hydrogens is 996 g/mol. The molecule has 0 radical (unpaired) electrons. The second-order valence-corrected chi connectivity index (χ2v) is 26.1. The molecule has 1 amide bonds. The van der Waals surface area contributed by atoms with Crippen molar-refractivity contribution in [3.05, 3.63) is 119 Å². The number of anilines is 2. The molecule has 3 atom stereocenters. The predicted octanol–water partition coefficient (Wildman–Crippen LogP) is 10.2. The topological polar surface area (TPSA) is 122 Å². The highest BCUT2D eigenvalue weighted by atomic mass is 35.5. The van der Waals surface area contributed by atoms with Crippen molar-refractivity contribution < 1.29 is 39.2 Å². The van der Waals surface area contributed by atoms with Crippen LogP contribution in [0.2, 0.25) is 5.02 Å². The van der Waals surface area contributed by atoms with E-state index in [4.69, 9.17) is 11.6 Å². The molecule has 11 nitrogen and oxygen atoms in total. The van der Waals surface area contributed by atoms with E-state index in [0.29, 0.717) is 67.1 Å². The zero-order chi connectivity index (χ0) is 51.1. The summed E-state index contributed by atoms with van der Waals surface area (Å²) in [7, 11) is -11.0. The molecule has 2 bridgehead atoms. The van der Waals surface area contributed by atoms with Crippen LogP contribution in [-0.4, -0.2) is 125 Å². The normalized spacial score (nSPS) is 20.9. The number of likely N-dealkylation sites (tertiary alicyclic amines) is 2. The third kappa shape index (κ3) is 12.4. The van der Waals surface area contributed by atoms with Crippen molar-refractivity contribution in [1.29, 1.82) is 0 Å². The first-order chi connectivity index (χ1) is 33.4. The molecule has 3 fully saturated rings. The van der Waals surface area contributed by atoms with Crippen LogP contribution < -0.4 is 14.9 Å². The van der Waals surface area contributed by atoms with Gasteiger partial charge in [-0.2, -0.15) is 13.2 Å². The number of amides is 1. The molecule has 19 heteroatoms. The number of benzene rings is 4. The van der Waals surface area contributed by atoms with Crippen LogP contribution in [-0.2, 0) is 19.9 Å². The van der Waals surface area contributed by atoms with Gasteiger partial charge < -0.3 is 10.2 Å². The number of piperazine rings is 2. The van der Waals surface area contributed by atoms with Crippen molar-refractivity contribution in [2.45, 2.75) is 111 Å². The van der Waals surface area contributed by atoms with E-state index < -0.39 is 52.8 Å². The highest BCUT2D eigenvalue weighted by Gasteiger charge is 2.49. The average Bonchev–Trinajstić information content (AvgIpc) is 3.92. The number of nitrogens with one attached hydrogen (secondary N) is 2. The summed E-state index contributed by atoms with van der Waals surface area (Å²) in [5.41, 5.74) is -2.40. The summed E-state index contributed by atoms with van der Waals surface area (Å²) >= 11 is 7.54. The molecule has 0 aromatic heterocycles. The van der Waals surface area contributed by atoms with Gasteiger partial charge in [-0.1, -0.05) is 55.3 Å². The van der Waals surface area contributed by atoms with Gasteiger partial charge in [0.05, 0.1) is 10.6 Å². The van der Waals surface area contributed by atoms with Gasteiger partial charge in [0.25, 0.3) is 25.8 Å². The maximum Gasteiger partial charge on any atom is 0.501 e. The lowest BCUT2D eigenvalue weighted by atomic mass is 9.72. The highest BCUT2D eigenvalue weighted by molar-refractivity contribution is 7.99. The Hall–Kier alpha value is -4.17. The molecule has 4 aromatic carbocycles. The number of sulfonamides is 1. The Bertz CT molecular complexity index is 2840. The maximum atomic E-state index is 15.1. The second-order valence-electron chi connectivity index (χ2n) is 21.0. The van der Waals surface area contributed by atoms with Crippen molar-refractivity contribution >= 4 is 66.1 Å². The van der Waals surface area contributed by atoms with Gasteiger partial charge >= 0.3 is 5.51 Å². The number of rotatable bonds is 16. The van der Waals surface area contributed by atoms with Crippen molar-refractivity contribution in [2.24, 2.45) is 5.41 Å². The summed E-state index contributed by atoms with van der Waals surface area (Å²) in [5, 5.41) is 3.42. The minimum atomic E-state index is -6.08. The molecule has 0 spiro atoms. The van der Waals surface area contributed by atoms with Gasteiger partial charge in [0.2, 0.25) is 0 Å². The zero-order valence-electron chi connectivity index (χ0n) is 40.7. The minimum Gasteiger partial charge on any atom is -0.380 e. The smallest absolute Gasteiger partial charge is 0.380 e. The first-order valence-corrected chi connectivity index (χ1v) is 28.4. The highest BCUT2D eigenvalue weighted by Crippen LogP contribution is 2.44. The van der Waals surface area contributed by atoms with E-state index in [0.717, 1.165) is 80.2 Å². The van der Waals surface area contributed by atoms with E-state index in [-0.39, 0.29) is 22.3 Å². The summed E-state index contributed by atoms with van der Waals surface area (Å²) in [4.78, 5) is 21.7. The molecule has 2 N–H and O–H groups in total. The van der Waals surface area contributed by atoms with Gasteiger partial charge in [0.15, 0.2) is 0 Å². The third-order valence-corrected chi connectivity index (χ3v) is 18.6. The van der Waals surface area contributed by atoms with Gasteiger partial charge in [-0.05, 0) is 131 Å². The van der Waals surface area contributed by atoms with E-state index in [1.165, 1.54) is 35.5 Å². The molecular formula is C52H63ClF4N6O5S3. The van der Waals surface area contributed by atoms with Gasteiger partial charge in [-0.25, -0.2) is 25.9 Å². The number of nitrogens with zero attached hydrogens (tertiary/aromatic N) is 4. The molecule has 0 unspecified atom stereocenters. The van der Waals surface area contributed by atoms with Gasteiger partial charge in [0.1, 0.15) is 10.7 Å². The maximum absolute atomic E-state index is 15.1. The number of thioether (sulfide) groups is 1. The standard InChI is InChI=1S/C52H63ClF4N6O5S3/c1-50(2,3)63-33-40-28-41(63)32-62(40)22-20-38(34-69-42-9-7-6-8-10-42)58-47-18-16-43(29-48(47)70(65,66)52(55,56)57)71(67,68)59-49(64)35-11-14-39(15-12-35)61-25-23-60(24-26-61)31-36-30-51(4,5)21-19-44(36)45-17-13-37(53)27-46(45)54/h6-18,27,29,38,40-41,58H,19-26,28,30-34H2,1-5H3,(H,59,64)/t38-,40+,41+/m1/s1. The van der Waals surface area contributed by atoms with Gasteiger partial charge in [-0.3, -0.25) is 19.5 Å². The summed E-state index contributed by atoms with van der Waals surface area (Å²) in [5.74, 6) is -0.985. The van der Waals surface area contributed by atoms with Gasteiger partial charge in [0, 0.05) is 109 Å². The predicted molar refractivity (Wildman–Crippen MR) is 275 cm³/mol. The van der Waals surface area contributed by atoms with Crippen molar-refractivity contribution in [1.82, 2.24) is 19.4 Å². The molecule has 71 heavy (non-hydrogen) atoms. The SMILES string of the molecule is CC1(C)CCC(c2ccc(Cl)cc2F)=C(CN2CCN(c3ccc(C(=O)NS(=O)(=O)c4ccc(N[C@H](CCN5C[C@@H]6C[C@H]5CN6C(C)(C)C)CSc5ccccc5)c(S(=O)(=O)C(F)(F)F)c4)cc3)CC2)C1. The lowest BCUT2D eigenvalue weighted by Crippen LogP contribution is -2.53. The van der Waals surface area contributed by atoms with E-state index in [9.17, 15) is 34.8 Å². The van der Waals surface area contributed by atoms with Crippen LogP contribution in [0, 0.1) is 11.2 Å². The Morgan fingerprint density at radius 1 is 0.887 bits per heavy atom. The summed E-state index contributed by atoms with van der Waals surface area (Å²) in [6, 6.07) is 23.3. The fourth-order valence-corrected chi connectivity index (χ4v) is 13.7. The number of hydrogen-bond donors (Lipinski definition) is 2. The number of carbonyl (C=O) groups is 1. The van der Waals surface area contributed by atoms with Crippen LogP contribution in [0.1, 0.15) is 82.6 Å². The monoisotopic (exact) mass is 1060 g/mol. The Labute approximate surface area is 425 Å². The summed E-state index contributed by atoms with van der Waals surface area (Å²) < 4.78 is 114. The third-order valence-electron chi connectivity index (χ3n) is 14.3. The van der Waals surface area contributed by atoms with Gasteiger partial charge in [-0.15, -0.1) is 11.8 Å². The number of fused-ring (bicyclic) bond motifs is 2. The van der Waals surface area contributed by atoms with E-state index in [2.05, 4.69) is 59.5 Å². The Balaban J connectivity index is 0.935. The van der Waals surface area contributed by atoms with E-state index in [1.54, 1.807) is 24.3 Å². The molecule has 3 heterocycles. The fourth-order valence-electron chi connectivity index (χ4n) is 10.6. The largest absolute Gasteiger partial charge is 0.501 e. The Morgan fingerprint density at radius 3 is 2.23 bits per heavy atom. The van der Waals surface area contributed by atoms with Crippen molar-refractivity contribution in [3.8, 4) is 0 Å². The molecule has 0 saturated carbocycles. The Kier molecular flexibility index (Phi) is 15.7. The second kappa shape index (κ2) is 21.0. The first kappa shape index (κ1) is 53.1. The molecule has 3 saturated heterocycles. The van der Waals surface area contributed by atoms with Crippen molar-refractivity contribution in [3.63, 3.8) is 0 Å². The Morgan fingerprint density at radius 2 is 1.59 bits per heavy atom. The molecule has 384 valence electrons. The number of hydrogen-bond acceptors (Lipinski definition) is 11. The number of allylic oxidation sites excluding steroid dienone is 1. The van der Waals surface area contributed by atoms with Crippen LogP contribution in [0.15, 0.2) is 111 Å². The summed E-state index contributed by atoms with van der Waals surface area (Å²) in [6.07, 6.45) is 4.08. The minimum absolute atomic E-state index is 0.0251. The number of alkyl halides is 3. The van der Waals surface area contributed by atoms with Crippen molar-refractivity contribution in [2.75, 3.05) is 68.3 Å². The van der Waals surface area contributed by atoms with Crippen LogP contribution >= 0.6 is 23.4 Å². The lowest BCUT2D eigenvalue weighted by molar-refractivity contribution is -0.0435. The fraction of sp³-hybridized carbons (Fsp3) is 0.481. The van der Waals surface area contributed by atoms with Crippen LogP contribution in [0.3, 0.4) is 0 Å². The van der Waals surface area contributed by atoms with E-state index >= 15 is 4.39 Å². The summed E-state index contributed by atoms with van der Waals surface area (Å²) in [6.45, 7) is 16.9. The lowest BCUT2D eigenvalue weighted by Gasteiger charge is -2.42. The molecule has 4 aromatic rings. The zero-order valence-corrected chi connectivity index (χ0v) is 43.9. The van der Waals surface area contributed by atoms with E-state index in [1.807, 2.05) is 35.1 Å².